The first-order chi connectivity index (χ1) is 16.4. The highest BCUT2D eigenvalue weighted by Crippen LogP contribution is 2.37. The number of pyridine rings is 2. The van der Waals surface area contributed by atoms with Crippen LogP contribution in [0.4, 0.5) is 32.0 Å². The van der Waals surface area contributed by atoms with Gasteiger partial charge in [-0.25, -0.2) is 4.98 Å². The number of carbonyl (C=O) groups is 1. The molecule has 4 aromatic rings. The molecular weight excluding hydrogens is 476 g/mol. The average Bonchev–Trinajstić information content (AvgIpc) is 2.80. The smallest absolute Gasteiger partial charge is 0.322 e. The highest BCUT2D eigenvalue weighted by Gasteiger charge is 2.37. The van der Waals surface area contributed by atoms with Crippen molar-refractivity contribution in [2.24, 2.45) is 0 Å². The van der Waals surface area contributed by atoms with Crippen LogP contribution in [0, 0.1) is 0 Å². The van der Waals surface area contributed by atoms with Crippen LogP contribution in [0.3, 0.4) is 0 Å². The summed E-state index contributed by atoms with van der Waals surface area (Å²) in [6.45, 7) is 0.0378. The second kappa shape index (κ2) is 8.90. The lowest BCUT2D eigenvalue weighted by atomic mass is 10.1. The average molecular weight is 491 g/mol. The van der Waals surface area contributed by atoms with Crippen molar-refractivity contribution in [3.63, 3.8) is 0 Å². The number of aromatic nitrogens is 2. The summed E-state index contributed by atoms with van der Waals surface area (Å²) < 4.78 is 80.1. The van der Waals surface area contributed by atoms with E-state index in [1.165, 1.54) is 16.8 Å². The van der Waals surface area contributed by atoms with Gasteiger partial charge in [-0.05, 0) is 42.0 Å². The monoisotopic (exact) mass is 491 g/mol. The molecule has 2 aromatic heterocycles. The summed E-state index contributed by atoms with van der Waals surface area (Å²) in [5, 5.41) is 2.39. The van der Waals surface area contributed by atoms with E-state index < -0.39 is 46.2 Å². The maximum absolute atomic E-state index is 13.2. The predicted octanol–water partition coefficient (Wildman–Crippen LogP) is 5.73. The summed E-state index contributed by atoms with van der Waals surface area (Å²) in [5.41, 5.74) is -4.23. The fourth-order valence-electron chi connectivity index (χ4n) is 3.51. The first kappa shape index (κ1) is 24.0. The van der Waals surface area contributed by atoms with Gasteiger partial charge in [-0.1, -0.05) is 30.3 Å². The normalized spacial score (nSPS) is 12.1. The summed E-state index contributed by atoms with van der Waals surface area (Å²) in [7, 11) is 0. The standard InChI is InChI=1S/C24H15F6N3O2/c25-23(26,27)16-10-17(24(28,29)30)12-18(11-16)32-21(34)19-9-15-7-4-8-31-20(15)33(22(19)35)13-14-5-2-1-3-6-14/h1-12H,13H2,(H,32,34). The minimum atomic E-state index is -5.09. The van der Waals surface area contributed by atoms with Gasteiger partial charge in [0, 0.05) is 17.3 Å². The number of amides is 1. The van der Waals surface area contributed by atoms with Gasteiger partial charge in [0.15, 0.2) is 0 Å². The number of halogens is 6. The van der Waals surface area contributed by atoms with Gasteiger partial charge in [0.05, 0.1) is 17.7 Å². The summed E-state index contributed by atoms with van der Waals surface area (Å²) in [6, 6.07) is 13.8. The Balaban J connectivity index is 1.79. The summed E-state index contributed by atoms with van der Waals surface area (Å²) in [5.74, 6) is -1.16. The van der Waals surface area contributed by atoms with E-state index in [-0.39, 0.29) is 18.3 Å². The van der Waals surface area contributed by atoms with E-state index in [0.29, 0.717) is 23.1 Å². The van der Waals surface area contributed by atoms with Crippen molar-refractivity contribution in [3.8, 4) is 0 Å². The van der Waals surface area contributed by atoms with Crippen molar-refractivity contribution in [2.45, 2.75) is 18.9 Å². The van der Waals surface area contributed by atoms with Crippen LogP contribution < -0.4 is 10.9 Å². The lowest BCUT2D eigenvalue weighted by Crippen LogP contribution is -2.30. The van der Waals surface area contributed by atoms with Gasteiger partial charge in [0.2, 0.25) is 0 Å². The molecule has 0 aliphatic carbocycles. The third-order valence-corrected chi connectivity index (χ3v) is 5.12. The Kier molecular flexibility index (Phi) is 6.10. The molecule has 2 heterocycles. The minimum absolute atomic E-state index is 0.0378. The van der Waals surface area contributed by atoms with Gasteiger partial charge in [0.25, 0.3) is 11.5 Å². The SMILES string of the molecule is O=C(Nc1cc(C(F)(F)F)cc(C(F)(F)F)c1)c1cc2cccnc2n(Cc2ccccc2)c1=O. The maximum Gasteiger partial charge on any atom is 0.416 e. The highest BCUT2D eigenvalue weighted by atomic mass is 19.4. The maximum atomic E-state index is 13.2. The van der Waals surface area contributed by atoms with Crippen molar-refractivity contribution >= 4 is 22.6 Å². The van der Waals surface area contributed by atoms with Gasteiger partial charge < -0.3 is 5.32 Å². The lowest BCUT2D eigenvalue weighted by molar-refractivity contribution is -0.143. The van der Waals surface area contributed by atoms with Crippen molar-refractivity contribution < 1.29 is 31.1 Å². The molecule has 0 spiro atoms. The summed E-state index contributed by atoms with van der Waals surface area (Å²) in [4.78, 5) is 30.3. The Bertz CT molecular complexity index is 1430. The Hall–Kier alpha value is -4.15. The number of hydrogen-bond donors (Lipinski definition) is 1. The number of alkyl halides is 6. The molecule has 0 bridgehead atoms. The molecule has 11 heteroatoms. The molecule has 5 nitrogen and oxygen atoms in total. The first-order valence-corrected chi connectivity index (χ1v) is 10.1. The predicted molar refractivity (Wildman–Crippen MR) is 116 cm³/mol. The zero-order valence-corrected chi connectivity index (χ0v) is 17.6. The Morgan fingerprint density at radius 3 is 2.09 bits per heavy atom. The van der Waals surface area contributed by atoms with Crippen molar-refractivity contribution in [2.75, 3.05) is 5.32 Å². The highest BCUT2D eigenvalue weighted by molar-refractivity contribution is 6.05. The van der Waals surface area contributed by atoms with Gasteiger partial charge in [-0.15, -0.1) is 0 Å². The van der Waals surface area contributed by atoms with Crippen molar-refractivity contribution in [1.29, 1.82) is 0 Å². The molecule has 2 aromatic carbocycles. The van der Waals surface area contributed by atoms with Gasteiger partial charge in [-0.3, -0.25) is 14.2 Å². The molecule has 0 aliphatic rings. The zero-order chi connectivity index (χ0) is 25.4. The van der Waals surface area contributed by atoms with Crippen LogP contribution in [0.25, 0.3) is 11.0 Å². The van der Waals surface area contributed by atoms with E-state index in [2.05, 4.69) is 4.98 Å². The van der Waals surface area contributed by atoms with Crippen LogP contribution in [0.1, 0.15) is 27.0 Å². The van der Waals surface area contributed by atoms with Crippen LogP contribution in [0.15, 0.2) is 77.7 Å². The second-order valence-corrected chi connectivity index (χ2v) is 7.60. The minimum Gasteiger partial charge on any atom is -0.322 e. The van der Waals surface area contributed by atoms with E-state index in [1.807, 2.05) is 5.32 Å². The Morgan fingerprint density at radius 2 is 1.49 bits per heavy atom. The van der Waals surface area contributed by atoms with Crippen LogP contribution in [-0.2, 0) is 18.9 Å². The van der Waals surface area contributed by atoms with E-state index in [9.17, 15) is 35.9 Å². The fourth-order valence-corrected chi connectivity index (χ4v) is 3.51. The molecule has 0 radical (unpaired) electrons. The molecular formula is C24H15F6N3O2. The summed E-state index contributed by atoms with van der Waals surface area (Å²) in [6.07, 6.45) is -8.72. The molecule has 1 N–H and O–H groups in total. The second-order valence-electron chi connectivity index (χ2n) is 7.60. The van der Waals surface area contributed by atoms with Crippen LogP contribution >= 0.6 is 0 Å². The molecule has 0 saturated heterocycles. The van der Waals surface area contributed by atoms with Crippen LogP contribution in [0.2, 0.25) is 0 Å². The molecule has 4 rings (SSSR count). The van der Waals surface area contributed by atoms with E-state index in [1.54, 1.807) is 42.5 Å². The topological polar surface area (TPSA) is 64.0 Å². The zero-order valence-electron chi connectivity index (χ0n) is 17.6. The molecule has 0 unspecified atom stereocenters. The molecule has 0 fully saturated rings. The number of carbonyl (C=O) groups excluding carboxylic acids is 1. The molecule has 1 amide bonds. The number of nitrogens with zero attached hydrogens (tertiary/aromatic N) is 2. The van der Waals surface area contributed by atoms with E-state index in [4.69, 9.17) is 0 Å². The number of benzene rings is 2. The molecule has 35 heavy (non-hydrogen) atoms. The van der Waals surface area contributed by atoms with Crippen molar-refractivity contribution in [3.05, 3.63) is 106 Å². The number of hydrogen-bond acceptors (Lipinski definition) is 3. The fraction of sp³-hybridized carbons (Fsp3) is 0.125. The Morgan fingerprint density at radius 1 is 0.857 bits per heavy atom. The molecule has 0 aliphatic heterocycles. The van der Waals surface area contributed by atoms with Gasteiger partial charge in [-0.2, -0.15) is 26.3 Å². The first-order valence-electron chi connectivity index (χ1n) is 10.1. The van der Waals surface area contributed by atoms with Crippen LogP contribution in [0.5, 0.6) is 0 Å². The third kappa shape index (κ3) is 5.18. The van der Waals surface area contributed by atoms with Crippen molar-refractivity contribution in [1.82, 2.24) is 9.55 Å². The quantitative estimate of drug-likeness (QED) is 0.371. The van der Waals surface area contributed by atoms with Gasteiger partial charge in [0.1, 0.15) is 11.2 Å². The third-order valence-electron chi connectivity index (χ3n) is 5.12. The van der Waals surface area contributed by atoms with Crippen LogP contribution in [-0.4, -0.2) is 15.5 Å². The molecule has 0 atom stereocenters. The molecule has 0 saturated carbocycles. The number of nitrogens with one attached hydrogen (secondary N) is 1. The van der Waals surface area contributed by atoms with E-state index in [0.717, 1.165) is 0 Å². The number of anilines is 1. The lowest BCUT2D eigenvalue weighted by Gasteiger charge is -2.15. The largest absolute Gasteiger partial charge is 0.416 e. The number of fused-ring (bicyclic) bond motifs is 1. The van der Waals surface area contributed by atoms with Gasteiger partial charge >= 0.3 is 12.4 Å². The number of rotatable bonds is 4. The van der Waals surface area contributed by atoms with E-state index >= 15 is 0 Å². The summed E-state index contributed by atoms with van der Waals surface area (Å²) >= 11 is 0. The Labute approximate surface area is 193 Å². The molecule has 180 valence electrons.